The summed E-state index contributed by atoms with van der Waals surface area (Å²) in [7, 11) is 1.55. The Morgan fingerprint density at radius 1 is 0.909 bits per heavy atom. The molecule has 33 heavy (non-hydrogen) atoms. The summed E-state index contributed by atoms with van der Waals surface area (Å²) in [4.78, 5) is 27.0. The van der Waals surface area contributed by atoms with E-state index in [2.05, 4.69) is 0 Å². The van der Waals surface area contributed by atoms with Gasteiger partial charge < -0.3 is 9.47 Å². The summed E-state index contributed by atoms with van der Waals surface area (Å²) < 4.78 is 11.5. The molecule has 1 saturated heterocycles. The summed E-state index contributed by atoms with van der Waals surface area (Å²) in [5.74, 6) is 0.656. The van der Waals surface area contributed by atoms with Gasteiger partial charge in [-0.15, -0.1) is 0 Å². The minimum Gasteiger partial charge on any atom is -0.493 e. The molecule has 1 fully saturated rings. The molecule has 1 heterocycles. The second-order valence-electron chi connectivity index (χ2n) is 7.19. The first-order chi connectivity index (χ1) is 15.9. The number of methoxy groups -OCH3 is 1. The van der Waals surface area contributed by atoms with Gasteiger partial charge in [-0.2, -0.15) is 0 Å². The highest BCUT2D eigenvalue weighted by atomic mass is 35.5. The normalized spacial score (nSPS) is 14.8. The average Bonchev–Trinajstić information content (AvgIpc) is 3.07. The number of para-hydroxylation sites is 1. The van der Waals surface area contributed by atoms with Crippen molar-refractivity contribution in [3.8, 4) is 11.5 Å². The number of hydrogen-bond donors (Lipinski definition) is 0. The molecule has 1 aliphatic rings. The lowest BCUT2D eigenvalue weighted by Crippen LogP contribution is -2.27. The number of ether oxygens (including phenoxy) is 2. The fraction of sp³-hybridized carbons (Fsp3) is 0.120. The maximum absolute atomic E-state index is 13.0. The summed E-state index contributed by atoms with van der Waals surface area (Å²) in [6.45, 7) is 0.466. The molecule has 0 N–H and O–H groups in total. The van der Waals surface area contributed by atoms with Gasteiger partial charge in [0.15, 0.2) is 11.5 Å². The SMILES string of the molecule is COc1cccc(/C=C2/SC(=O)N(Cc3ccc(Cl)cc3)C2=O)c1OCc1ccc(Cl)cc1. The largest absolute Gasteiger partial charge is 0.493 e. The number of hydrogen-bond acceptors (Lipinski definition) is 5. The molecule has 3 aromatic carbocycles. The second-order valence-corrected chi connectivity index (χ2v) is 9.05. The van der Waals surface area contributed by atoms with Gasteiger partial charge in [-0.25, -0.2) is 0 Å². The van der Waals surface area contributed by atoms with E-state index in [9.17, 15) is 9.59 Å². The van der Waals surface area contributed by atoms with Crippen LogP contribution in [-0.2, 0) is 17.9 Å². The van der Waals surface area contributed by atoms with Crippen molar-refractivity contribution in [2.24, 2.45) is 0 Å². The number of thioether (sulfide) groups is 1. The molecule has 0 unspecified atom stereocenters. The van der Waals surface area contributed by atoms with Crippen LogP contribution in [0.3, 0.4) is 0 Å². The first kappa shape index (κ1) is 23.2. The number of halogens is 2. The summed E-state index contributed by atoms with van der Waals surface area (Å²) >= 11 is 12.8. The summed E-state index contributed by atoms with van der Waals surface area (Å²) in [6, 6.07) is 19.8. The molecular weight excluding hydrogens is 481 g/mol. The summed E-state index contributed by atoms with van der Waals surface area (Å²) in [6.07, 6.45) is 1.66. The van der Waals surface area contributed by atoms with E-state index in [-0.39, 0.29) is 24.3 Å². The van der Waals surface area contributed by atoms with Gasteiger partial charge in [-0.3, -0.25) is 14.5 Å². The molecule has 0 aromatic heterocycles. The molecule has 0 bridgehead atoms. The molecular formula is C25H19Cl2NO4S. The molecule has 1 aliphatic heterocycles. The Morgan fingerprint density at radius 3 is 2.18 bits per heavy atom. The molecule has 168 valence electrons. The summed E-state index contributed by atoms with van der Waals surface area (Å²) in [5, 5.41) is 0.913. The Hall–Kier alpha value is -2.93. The zero-order valence-electron chi connectivity index (χ0n) is 17.6. The predicted molar refractivity (Wildman–Crippen MR) is 132 cm³/mol. The van der Waals surface area contributed by atoms with Crippen LogP contribution in [0, 0.1) is 0 Å². The standard InChI is InChI=1S/C25H19Cl2NO4S/c1-31-21-4-2-3-18(23(21)32-15-17-7-11-20(27)12-8-17)13-22-24(29)28(25(30)33-22)14-16-5-9-19(26)10-6-16/h2-13H,14-15H2,1H3/b22-13+. The van der Waals surface area contributed by atoms with Gasteiger partial charge >= 0.3 is 0 Å². The van der Waals surface area contributed by atoms with Gasteiger partial charge in [-0.05, 0) is 59.3 Å². The quantitative estimate of drug-likeness (QED) is 0.334. The van der Waals surface area contributed by atoms with E-state index in [1.54, 1.807) is 61.7 Å². The lowest BCUT2D eigenvalue weighted by Gasteiger charge is -2.14. The van der Waals surface area contributed by atoms with Crippen molar-refractivity contribution in [2.45, 2.75) is 13.2 Å². The van der Waals surface area contributed by atoms with Gasteiger partial charge in [0.2, 0.25) is 0 Å². The van der Waals surface area contributed by atoms with E-state index >= 15 is 0 Å². The highest BCUT2D eigenvalue weighted by Gasteiger charge is 2.35. The van der Waals surface area contributed by atoms with Crippen LogP contribution < -0.4 is 9.47 Å². The van der Waals surface area contributed by atoms with E-state index in [4.69, 9.17) is 32.7 Å². The molecule has 0 radical (unpaired) electrons. The van der Waals surface area contributed by atoms with Crippen molar-refractivity contribution < 1.29 is 19.1 Å². The summed E-state index contributed by atoms with van der Waals surface area (Å²) in [5.41, 5.74) is 2.39. The molecule has 0 spiro atoms. The minimum absolute atomic E-state index is 0.178. The van der Waals surface area contributed by atoms with Crippen molar-refractivity contribution in [1.29, 1.82) is 0 Å². The number of nitrogens with zero attached hydrogens (tertiary/aromatic N) is 1. The van der Waals surface area contributed by atoms with Gasteiger partial charge in [0.1, 0.15) is 6.61 Å². The van der Waals surface area contributed by atoms with Crippen molar-refractivity contribution in [2.75, 3.05) is 7.11 Å². The lowest BCUT2D eigenvalue weighted by molar-refractivity contribution is -0.123. The Labute approximate surface area is 205 Å². The molecule has 8 heteroatoms. The van der Waals surface area contributed by atoms with Gasteiger partial charge in [-0.1, -0.05) is 59.6 Å². The molecule has 0 atom stereocenters. The highest BCUT2D eigenvalue weighted by Crippen LogP contribution is 2.38. The Balaban J connectivity index is 1.57. The topological polar surface area (TPSA) is 55.8 Å². The fourth-order valence-corrected chi connectivity index (χ4v) is 4.33. The van der Waals surface area contributed by atoms with Crippen LogP contribution in [0.1, 0.15) is 16.7 Å². The number of benzene rings is 3. The van der Waals surface area contributed by atoms with Crippen LogP contribution in [0.2, 0.25) is 10.0 Å². The third-order valence-corrected chi connectivity index (χ3v) is 6.35. The zero-order valence-corrected chi connectivity index (χ0v) is 19.9. The Bertz CT molecular complexity index is 1210. The smallest absolute Gasteiger partial charge is 0.293 e. The third-order valence-electron chi connectivity index (χ3n) is 4.94. The third kappa shape index (κ3) is 5.53. The number of imide groups is 1. The lowest BCUT2D eigenvalue weighted by atomic mass is 10.1. The number of amides is 2. The fourth-order valence-electron chi connectivity index (χ4n) is 3.25. The van der Waals surface area contributed by atoms with Gasteiger partial charge in [0.05, 0.1) is 18.6 Å². The maximum Gasteiger partial charge on any atom is 0.293 e. The first-order valence-electron chi connectivity index (χ1n) is 9.98. The molecule has 2 amide bonds. The van der Waals surface area contributed by atoms with Crippen LogP contribution in [0.25, 0.3) is 6.08 Å². The molecule has 5 nitrogen and oxygen atoms in total. The van der Waals surface area contributed by atoms with E-state index in [0.29, 0.717) is 32.0 Å². The monoisotopic (exact) mass is 499 g/mol. The second kappa shape index (κ2) is 10.3. The van der Waals surface area contributed by atoms with Gasteiger partial charge in [0, 0.05) is 15.6 Å². The van der Waals surface area contributed by atoms with E-state index < -0.39 is 0 Å². The van der Waals surface area contributed by atoms with Crippen molar-refractivity contribution in [3.05, 3.63) is 98.4 Å². The number of carbonyl (C=O) groups is 2. The minimum atomic E-state index is -0.355. The van der Waals surface area contributed by atoms with Crippen LogP contribution in [0.15, 0.2) is 71.6 Å². The van der Waals surface area contributed by atoms with E-state index in [1.165, 1.54) is 4.90 Å². The van der Waals surface area contributed by atoms with Crippen LogP contribution >= 0.6 is 35.0 Å². The first-order valence-corrected chi connectivity index (χ1v) is 11.6. The van der Waals surface area contributed by atoms with Crippen molar-refractivity contribution >= 4 is 52.2 Å². The molecule has 0 aliphatic carbocycles. The molecule has 0 saturated carbocycles. The molecule has 4 rings (SSSR count). The van der Waals surface area contributed by atoms with Crippen LogP contribution in [0.5, 0.6) is 11.5 Å². The average molecular weight is 500 g/mol. The van der Waals surface area contributed by atoms with E-state index in [0.717, 1.165) is 22.9 Å². The molecule has 3 aromatic rings. The zero-order chi connectivity index (χ0) is 23.4. The maximum atomic E-state index is 13.0. The predicted octanol–water partition coefficient (Wildman–Crippen LogP) is 6.82. The number of rotatable bonds is 7. The van der Waals surface area contributed by atoms with Crippen molar-refractivity contribution in [1.82, 2.24) is 4.90 Å². The Kier molecular flexibility index (Phi) is 7.28. The van der Waals surface area contributed by atoms with E-state index in [1.807, 2.05) is 18.2 Å². The Morgan fingerprint density at radius 2 is 1.55 bits per heavy atom. The van der Waals surface area contributed by atoms with Gasteiger partial charge in [0.25, 0.3) is 11.1 Å². The van der Waals surface area contributed by atoms with Crippen LogP contribution in [0.4, 0.5) is 4.79 Å². The highest BCUT2D eigenvalue weighted by molar-refractivity contribution is 8.18. The number of carbonyl (C=O) groups excluding carboxylic acids is 2. The van der Waals surface area contributed by atoms with Crippen LogP contribution in [-0.4, -0.2) is 23.2 Å². The van der Waals surface area contributed by atoms with Crippen molar-refractivity contribution in [3.63, 3.8) is 0 Å².